The van der Waals surface area contributed by atoms with Crippen molar-refractivity contribution in [1.29, 1.82) is 0 Å². The molecular weight excluding hydrogens is 164 g/mol. The van der Waals surface area contributed by atoms with Gasteiger partial charge in [0.1, 0.15) is 0 Å². The van der Waals surface area contributed by atoms with Gasteiger partial charge in [-0.2, -0.15) is 0 Å². The fraction of sp³-hybridized carbons (Fsp3) is 1.00. The first-order chi connectivity index (χ1) is 6.18. The third-order valence-electron chi connectivity index (χ3n) is 2.85. The molecule has 0 aliphatic heterocycles. The molecule has 78 valence electrons. The Kier molecular flexibility index (Phi) is 4.20. The van der Waals surface area contributed by atoms with E-state index in [1.54, 1.807) is 6.92 Å². The average Bonchev–Trinajstić information content (AvgIpc) is 2.51. The Balaban J connectivity index is 2.37. The van der Waals surface area contributed by atoms with Crippen LogP contribution in [0.1, 0.15) is 52.4 Å². The van der Waals surface area contributed by atoms with Crippen molar-refractivity contribution < 1.29 is 9.84 Å². The first-order valence-corrected chi connectivity index (χ1v) is 5.50. The molecule has 0 bridgehead atoms. The Morgan fingerprint density at radius 2 is 2.00 bits per heavy atom. The molecule has 0 spiro atoms. The van der Waals surface area contributed by atoms with Crippen LogP contribution >= 0.6 is 0 Å². The number of hydrogen-bond acceptors (Lipinski definition) is 2. The van der Waals surface area contributed by atoms with Gasteiger partial charge in [-0.15, -0.1) is 0 Å². The molecule has 1 fully saturated rings. The molecule has 0 radical (unpaired) electrons. The number of hydrogen-bond donors (Lipinski definition) is 1. The van der Waals surface area contributed by atoms with Crippen LogP contribution in [0.5, 0.6) is 0 Å². The van der Waals surface area contributed by atoms with E-state index >= 15 is 0 Å². The average molecular weight is 186 g/mol. The SMILES string of the molecule is CCCC1(OCC(C)O)CCCC1. The minimum Gasteiger partial charge on any atom is -0.391 e. The lowest BCUT2D eigenvalue weighted by molar-refractivity contribution is -0.0774. The maximum atomic E-state index is 9.17. The van der Waals surface area contributed by atoms with Crippen molar-refractivity contribution in [2.75, 3.05) is 6.61 Å². The summed E-state index contributed by atoms with van der Waals surface area (Å²) in [6.07, 6.45) is 6.97. The van der Waals surface area contributed by atoms with Crippen LogP contribution in [0.4, 0.5) is 0 Å². The molecular formula is C11H22O2. The van der Waals surface area contributed by atoms with Crippen LogP contribution in [0, 0.1) is 0 Å². The first-order valence-electron chi connectivity index (χ1n) is 5.50. The monoisotopic (exact) mass is 186 g/mol. The predicted octanol–water partition coefficient (Wildman–Crippen LogP) is 2.50. The second kappa shape index (κ2) is 4.97. The highest BCUT2D eigenvalue weighted by Crippen LogP contribution is 2.36. The molecule has 1 N–H and O–H groups in total. The van der Waals surface area contributed by atoms with E-state index in [9.17, 15) is 5.11 Å². The minimum atomic E-state index is -0.325. The van der Waals surface area contributed by atoms with Gasteiger partial charge < -0.3 is 9.84 Å². The highest BCUT2D eigenvalue weighted by Gasteiger charge is 2.33. The normalized spacial score (nSPS) is 23.3. The van der Waals surface area contributed by atoms with E-state index in [2.05, 4.69) is 6.92 Å². The molecule has 0 amide bonds. The van der Waals surface area contributed by atoms with Gasteiger partial charge in [0, 0.05) is 0 Å². The Hall–Kier alpha value is -0.0800. The Morgan fingerprint density at radius 1 is 1.38 bits per heavy atom. The summed E-state index contributed by atoms with van der Waals surface area (Å²) in [4.78, 5) is 0. The number of aliphatic hydroxyl groups excluding tert-OH is 1. The molecule has 1 rings (SSSR count). The molecule has 0 heterocycles. The zero-order chi connectivity index (χ0) is 9.73. The van der Waals surface area contributed by atoms with Gasteiger partial charge in [-0.25, -0.2) is 0 Å². The summed E-state index contributed by atoms with van der Waals surface area (Å²) in [6.45, 7) is 4.49. The van der Waals surface area contributed by atoms with Crippen molar-refractivity contribution in [1.82, 2.24) is 0 Å². The fourth-order valence-corrected chi connectivity index (χ4v) is 2.24. The van der Waals surface area contributed by atoms with Crippen molar-refractivity contribution in [2.45, 2.75) is 64.1 Å². The molecule has 1 aliphatic carbocycles. The van der Waals surface area contributed by atoms with Crippen LogP contribution in [0.3, 0.4) is 0 Å². The molecule has 0 aromatic carbocycles. The standard InChI is InChI=1S/C11H22O2/c1-3-6-11(7-4-5-8-11)13-9-10(2)12/h10,12H,3-9H2,1-2H3. The summed E-state index contributed by atoms with van der Waals surface area (Å²) in [7, 11) is 0. The number of aliphatic hydroxyl groups is 1. The van der Waals surface area contributed by atoms with Crippen LogP contribution in [-0.4, -0.2) is 23.4 Å². The number of rotatable bonds is 5. The summed E-state index contributed by atoms with van der Waals surface area (Å²) >= 11 is 0. The van der Waals surface area contributed by atoms with Crippen molar-refractivity contribution in [3.05, 3.63) is 0 Å². The molecule has 0 saturated heterocycles. The van der Waals surface area contributed by atoms with E-state index in [0.29, 0.717) is 6.61 Å². The van der Waals surface area contributed by atoms with Gasteiger partial charge in [-0.1, -0.05) is 26.2 Å². The molecule has 1 aliphatic rings. The molecule has 2 nitrogen and oxygen atoms in total. The molecule has 1 unspecified atom stereocenters. The van der Waals surface area contributed by atoms with Crippen LogP contribution < -0.4 is 0 Å². The van der Waals surface area contributed by atoms with Crippen molar-refractivity contribution in [3.63, 3.8) is 0 Å². The van der Waals surface area contributed by atoms with Crippen LogP contribution in [0.2, 0.25) is 0 Å². The molecule has 1 atom stereocenters. The second-order valence-electron chi connectivity index (χ2n) is 4.30. The predicted molar refractivity (Wildman–Crippen MR) is 53.7 cm³/mol. The summed E-state index contributed by atoms with van der Waals surface area (Å²) < 4.78 is 5.84. The zero-order valence-electron chi connectivity index (χ0n) is 8.88. The van der Waals surface area contributed by atoms with E-state index in [-0.39, 0.29) is 11.7 Å². The Bertz CT molecular complexity index is 137. The Morgan fingerprint density at radius 3 is 2.46 bits per heavy atom. The van der Waals surface area contributed by atoms with Gasteiger partial charge in [0.15, 0.2) is 0 Å². The van der Waals surface area contributed by atoms with Gasteiger partial charge in [0.25, 0.3) is 0 Å². The quantitative estimate of drug-likeness (QED) is 0.715. The lowest BCUT2D eigenvalue weighted by Crippen LogP contribution is -2.31. The minimum absolute atomic E-state index is 0.117. The second-order valence-corrected chi connectivity index (χ2v) is 4.30. The van der Waals surface area contributed by atoms with E-state index in [4.69, 9.17) is 4.74 Å². The first kappa shape index (κ1) is 11.0. The van der Waals surface area contributed by atoms with E-state index in [1.807, 2.05) is 0 Å². The van der Waals surface area contributed by atoms with E-state index in [1.165, 1.54) is 32.1 Å². The molecule has 0 aromatic rings. The highest BCUT2D eigenvalue weighted by molar-refractivity contribution is 4.86. The summed E-state index contributed by atoms with van der Waals surface area (Å²) in [5, 5.41) is 9.17. The van der Waals surface area contributed by atoms with Crippen molar-refractivity contribution in [2.24, 2.45) is 0 Å². The maximum absolute atomic E-state index is 9.17. The van der Waals surface area contributed by atoms with Gasteiger partial charge in [0.2, 0.25) is 0 Å². The lowest BCUT2D eigenvalue weighted by Gasteiger charge is -2.29. The molecule has 0 aromatic heterocycles. The lowest BCUT2D eigenvalue weighted by atomic mass is 9.96. The van der Waals surface area contributed by atoms with Gasteiger partial charge in [0.05, 0.1) is 18.3 Å². The molecule has 2 heteroatoms. The maximum Gasteiger partial charge on any atom is 0.0745 e. The van der Waals surface area contributed by atoms with Gasteiger partial charge in [-0.05, 0) is 26.2 Å². The topological polar surface area (TPSA) is 29.5 Å². The van der Waals surface area contributed by atoms with E-state index in [0.717, 1.165) is 6.42 Å². The molecule has 1 saturated carbocycles. The largest absolute Gasteiger partial charge is 0.391 e. The van der Waals surface area contributed by atoms with Gasteiger partial charge >= 0.3 is 0 Å². The summed E-state index contributed by atoms with van der Waals surface area (Å²) in [5.74, 6) is 0. The van der Waals surface area contributed by atoms with Crippen molar-refractivity contribution in [3.8, 4) is 0 Å². The molecule has 13 heavy (non-hydrogen) atoms. The highest BCUT2D eigenvalue weighted by atomic mass is 16.5. The van der Waals surface area contributed by atoms with Crippen LogP contribution in [-0.2, 0) is 4.74 Å². The smallest absolute Gasteiger partial charge is 0.0745 e. The third kappa shape index (κ3) is 3.28. The van der Waals surface area contributed by atoms with Gasteiger partial charge in [-0.3, -0.25) is 0 Å². The zero-order valence-corrected chi connectivity index (χ0v) is 8.88. The fourth-order valence-electron chi connectivity index (χ4n) is 2.24. The van der Waals surface area contributed by atoms with Crippen molar-refractivity contribution >= 4 is 0 Å². The third-order valence-corrected chi connectivity index (χ3v) is 2.85. The summed E-state index contributed by atoms with van der Waals surface area (Å²) in [5.41, 5.74) is 0.117. The van der Waals surface area contributed by atoms with E-state index < -0.39 is 0 Å². The summed E-state index contributed by atoms with van der Waals surface area (Å²) in [6, 6.07) is 0. The van der Waals surface area contributed by atoms with Crippen LogP contribution in [0.25, 0.3) is 0 Å². The Labute approximate surface area is 81.3 Å². The number of ether oxygens (including phenoxy) is 1. The van der Waals surface area contributed by atoms with Crippen LogP contribution in [0.15, 0.2) is 0 Å².